The molecule has 0 saturated carbocycles. The van der Waals surface area contributed by atoms with Gasteiger partial charge in [-0.3, -0.25) is 0 Å². The van der Waals surface area contributed by atoms with Crippen LogP contribution in [0.1, 0.15) is 37.9 Å². The average molecular weight is 559 g/mol. The summed E-state index contributed by atoms with van der Waals surface area (Å²) >= 11 is 5.13. The molecule has 1 N–H and O–H groups in total. The minimum absolute atomic E-state index is 0.167. The van der Waals surface area contributed by atoms with Crippen molar-refractivity contribution in [1.82, 2.24) is 14.8 Å². The number of carbonyl (C=O) groups is 1. The van der Waals surface area contributed by atoms with Crippen LogP contribution in [0.5, 0.6) is 11.5 Å². The maximum Gasteiger partial charge on any atom is 0.338 e. The highest BCUT2D eigenvalue weighted by molar-refractivity contribution is 9.10. The molecule has 0 radical (unpaired) electrons. The molecule has 0 spiro atoms. The van der Waals surface area contributed by atoms with E-state index in [4.69, 9.17) is 19.3 Å². The average Bonchev–Trinajstić information content (AvgIpc) is 3.24. The van der Waals surface area contributed by atoms with Crippen LogP contribution in [0.3, 0.4) is 0 Å². The van der Waals surface area contributed by atoms with Crippen molar-refractivity contribution in [2.24, 2.45) is 0 Å². The molecule has 1 aliphatic rings. The molecule has 1 atom stereocenters. The number of nitrogens with one attached hydrogen (secondary N) is 1. The van der Waals surface area contributed by atoms with Crippen LogP contribution in [0.2, 0.25) is 0 Å². The minimum atomic E-state index is -0.574. The van der Waals surface area contributed by atoms with Gasteiger partial charge in [0.25, 0.3) is 0 Å². The monoisotopic (exact) mass is 558 g/mol. The van der Waals surface area contributed by atoms with Crippen LogP contribution >= 0.6 is 27.7 Å². The number of benzene rings is 2. The summed E-state index contributed by atoms with van der Waals surface area (Å²) in [4.78, 5) is 18.1. The van der Waals surface area contributed by atoms with E-state index < -0.39 is 12.0 Å². The maximum atomic E-state index is 13.5. The summed E-state index contributed by atoms with van der Waals surface area (Å²) in [6.45, 7) is 6.43. The van der Waals surface area contributed by atoms with E-state index in [0.717, 1.165) is 16.9 Å². The van der Waals surface area contributed by atoms with E-state index in [9.17, 15) is 4.79 Å². The molecule has 0 bridgehead atoms. The number of hydrogen-bond donors (Lipinski definition) is 1. The van der Waals surface area contributed by atoms with Crippen molar-refractivity contribution < 1.29 is 19.0 Å². The Hall–Kier alpha value is -2.98. The standard InChI is InChI=1S/C25H27BrN4O4S/c1-5-33-19-13-17(12-18(26)22(19)32-4)21-20(23(31)34-14-16-10-8-7-9-11-16)15(3)27-24-28-25(35-6-2)29-30(21)24/h7-13,21H,5-6,14H2,1-4H3,(H,27,28,29). The van der Waals surface area contributed by atoms with Crippen molar-refractivity contribution in [1.29, 1.82) is 0 Å². The lowest BCUT2D eigenvalue weighted by Gasteiger charge is -2.29. The van der Waals surface area contributed by atoms with Crippen molar-refractivity contribution in [2.45, 2.75) is 38.6 Å². The second-order valence-corrected chi connectivity index (χ2v) is 9.78. The van der Waals surface area contributed by atoms with Gasteiger partial charge >= 0.3 is 5.97 Å². The fourth-order valence-corrected chi connectivity index (χ4v) is 5.08. The molecule has 2 heterocycles. The summed E-state index contributed by atoms with van der Waals surface area (Å²) in [5, 5.41) is 8.57. The molecule has 8 nitrogen and oxygen atoms in total. The van der Waals surface area contributed by atoms with Gasteiger partial charge in [-0.2, -0.15) is 4.98 Å². The largest absolute Gasteiger partial charge is 0.492 e. The van der Waals surface area contributed by atoms with Gasteiger partial charge in [-0.15, -0.1) is 5.10 Å². The van der Waals surface area contributed by atoms with Gasteiger partial charge in [-0.05, 0) is 58.8 Å². The molecular formula is C25H27BrN4O4S. The third-order valence-electron chi connectivity index (χ3n) is 5.39. The van der Waals surface area contributed by atoms with Crippen LogP contribution in [-0.2, 0) is 16.1 Å². The van der Waals surface area contributed by atoms with E-state index in [-0.39, 0.29) is 6.61 Å². The molecule has 184 valence electrons. The normalized spacial score (nSPS) is 14.8. The smallest absolute Gasteiger partial charge is 0.338 e. The Balaban J connectivity index is 1.79. The van der Waals surface area contributed by atoms with Crippen LogP contribution < -0.4 is 14.8 Å². The predicted molar refractivity (Wildman–Crippen MR) is 139 cm³/mol. The number of ether oxygens (including phenoxy) is 3. The molecule has 0 aliphatic carbocycles. The summed E-state index contributed by atoms with van der Waals surface area (Å²) in [6.07, 6.45) is 0. The van der Waals surface area contributed by atoms with Crippen LogP contribution in [0.4, 0.5) is 5.95 Å². The van der Waals surface area contributed by atoms with Gasteiger partial charge in [0.05, 0.1) is 23.8 Å². The van der Waals surface area contributed by atoms with Crippen LogP contribution in [0, 0.1) is 0 Å². The van der Waals surface area contributed by atoms with Gasteiger partial charge < -0.3 is 19.5 Å². The Morgan fingerprint density at radius 2 is 2.00 bits per heavy atom. The van der Waals surface area contributed by atoms with Crippen molar-refractivity contribution in [2.75, 3.05) is 24.8 Å². The van der Waals surface area contributed by atoms with Gasteiger partial charge in [0.1, 0.15) is 12.6 Å². The van der Waals surface area contributed by atoms with E-state index in [1.54, 1.807) is 11.8 Å². The Kier molecular flexibility index (Phi) is 8.02. The molecule has 0 fully saturated rings. The second-order valence-electron chi connectivity index (χ2n) is 7.69. The Labute approximate surface area is 217 Å². The van der Waals surface area contributed by atoms with E-state index in [1.807, 2.05) is 63.2 Å². The Morgan fingerprint density at radius 1 is 1.23 bits per heavy atom. The molecular weight excluding hydrogens is 532 g/mol. The minimum Gasteiger partial charge on any atom is -0.492 e. The number of thioether (sulfide) groups is 1. The predicted octanol–water partition coefficient (Wildman–Crippen LogP) is 5.59. The number of carbonyl (C=O) groups excluding carboxylic acids is 1. The summed E-state index contributed by atoms with van der Waals surface area (Å²) < 4.78 is 19.6. The molecule has 0 saturated heterocycles. The summed E-state index contributed by atoms with van der Waals surface area (Å²) in [5.74, 6) is 2.11. The topological polar surface area (TPSA) is 87.5 Å². The van der Waals surface area contributed by atoms with Crippen molar-refractivity contribution in [3.8, 4) is 11.5 Å². The van der Waals surface area contributed by atoms with Crippen molar-refractivity contribution in [3.63, 3.8) is 0 Å². The Morgan fingerprint density at radius 3 is 2.69 bits per heavy atom. The number of halogens is 1. The number of esters is 1. The van der Waals surface area contributed by atoms with Gasteiger partial charge in [0.15, 0.2) is 11.5 Å². The molecule has 4 rings (SSSR count). The van der Waals surface area contributed by atoms with E-state index in [0.29, 0.717) is 45.0 Å². The second kappa shape index (κ2) is 11.2. The fraction of sp³-hybridized carbons (Fsp3) is 0.320. The molecule has 1 unspecified atom stereocenters. The zero-order chi connectivity index (χ0) is 24.9. The number of hydrogen-bond acceptors (Lipinski definition) is 8. The van der Waals surface area contributed by atoms with Crippen LogP contribution in [-0.4, -0.2) is 40.2 Å². The molecule has 1 aliphatic heterocycles. The Bertz CT molecular complexity index is 1250. The van der Waals surface area contributed by atoms with Gasteiger partial charge in [0.2, 0.25) is 11.1 Å². The van der Waals surface area contributed by atoms with Gasteiger partial charge in [-0.25, -0.2) is 9.48 Å². The number of aromatic nitrogens is 3. The van der Waals surface area contributed by atoms with Crippen LogP contribution in [0.15, 0.2) is 63.4 Å². The molecule has 0 amide bonds. The number of rotatable bonds is 9. The highest BCUT2D eigenvalue weighted by atomic mass is 79.9. The SMILES string of the molecule is CCOc1cc(C2C(C(=O)OCc3ccccc3)=C(C)Nc3nc(SCC)nn32)cc(Br)c1OC. The zero-order valence-corrected chi connectivity index (χ0v) is 22.4. The molecule has 2 aromatic carbocycles. The number of allylic oxidation sites excluding steroid dienone is 1. The first-order valence-corrected chi connectivity index (χ1v) is 13.0. The molecule has 3 aromatic rings. The highest BCUT2D eigenvalue weighted by Gasteiger charge is 2.36. The van der Waals surface area contributed by atoms with E-state index in [1.165, 1.54) is 11.8 Å². The lowest BCUT2D eigenvalue weighted by atomic mass is 9.95. The quantitative estimate of drug-likeness (QED) is 0.268. The first kappa shape index (κ1) is 25.1. The third kappa shape index (κ3) is 5.33. The fourth-order valence-electron chi connectivity index (χ4n) is 3.90. The van der Waals surface area contributed by atoms with Crippen LogP contribution in [0.25, 0.3) is 0 Å². The summed E-state index contributed by atoms with van der Waals surface area (Å²) in [5.41, 5.74) is 2.80. The summed E-state index contributed by atoms with van der Waals surface area (Å²) in [6, 6.07) is 12.8. The number of nitrogens with zero attached hydrogens (tertiary/aromatic N) is 3. The number of anilines is 1. The van der Waals surface area contributed by atoms with Crippen molar-refractivity contribution in [3.05, 3.63) is 69.3 Å². The van der Waals surface area contributed by atoms with Gasteiger partial charge in [-0.1, -0.05) is 49.0 Å². The van der Waals surface area contributed by atoms with E-state index >= 15 is 0 Å². The first-order chi connectivity index (χ1) is 17.0. The summed E-state index contributed by atoms with van der Waals surface area (Å²) in [7, 11) is 1.59. The molecule has 35 heavy (non-hydrogen) atoms. The molecule has 1 aromatic heterocycles. The highest BCUT2D eigenvalue weighted by Crippen LogP contribution is 2.43. The number of methoxy groups -OCH3 is 1. The third-order valence-corrected chi connectivity index (χ3v) is 6.70. The van der Waals surface area contributed by atoms with Crippen molar-refractivity contribution >= 4 is 39.6 Å². The molecule has 10 heteroatoms. The zero-order valence-electron chi connectivity index (χ0n) is 20.0. The lowest BCUT2D eigenvalue weighted by Crippen LogP contribution is -2.29. The first-order valence-electron chi connectivity index (χ1n) is 11.2. The van der Waals surface area contributed by atoms with E-state index in [2.05, 4.69) is 26.2 Å². The van der Waals surface area contributed by atoms with Gasteiger partial charge in [0, 0.05) is 5.70 Å². The lowest BCUT2D eigenvalue weighted by molar-refractivity contribution is -0.140. The number of fused-ring (bicyclic) bond motifs is 1. The maximum absolute atomic E-state index is 13.5.